The van der Waals surface area contributed by atoms with Gasteiger partial charge in [0, 0.05) is 17.8 Å². The van der Waals surface area contributed by atoms with Crippen LogP contribution in [0.4, 0.5) is 10.5 Å². The van der Waals surface area contributed by atoms with Crippen LogP contribution in [-0.4, -0.2) is 11.0 Å². The molecule has 2 aromatic rings. The Hall–Kier alpha value is -2.36. The average Bonchev–Trinajstić information content (AvgIpc) is 2.37. The summed E-state index contributed by atoms with van der Waals surface area (Å²) >= 11 is 0. The Kier molecular flexibility index (Phi) is 3.35. The molecule has 0 bridgehead atoms. The van der Waals surface area contributed by atoms with Crippen LogP contribution in [0.1, 0.15) is 6.92 Å². The molecule has 86 valence electrons. The van der Waals surface area contributed by atoms with Gasteiger partial charge in [-0.1, -0.05) is 24.3 Å². The third-order valence-corrected chi connectivity index (χ3v) is 2.26. The topological polar surface area (TPSA) is 54.0 Å². The van der Waals surface area contributed by atoms with Crippen LogP contribution in [0.2, 0.25) is 0 Å². The van der Waals surface area contributed by atoms with Gasteiger partial charge in [0.25, 0.3) is 0 Å². The quantitative estimate of drug-likeness (QED) is 0.828. The summed E-state index contributed by atoms with van der Waals surface area (Å²) in [4.78, 5) is 15.8. The molecule has 2 N–H and O–H groups in total. The monoisotopic (exact) mass is 227 g/mol. The van der Waals surface area contributed by atoms with Gasteiger partial charge in [0.1, 0.15) is 0 Å². The maximum Gasteiger partial charge on any atom is 0.323 e. The van der Waals surface area contributed by atoms with Gasteiger partial charge in [-0.05, 0) is 19.1 Å². The van der Waals surface area contributed by atoms with E-state index >= 15 is 0 Å². The van der Waals surface area contributed by atoms with Crippen molar-refractivity contribution in [2.75, 3.05) is 5.32 Å². The highest BCUT2D eigenvalue weighted by molar-refractivity contribution is 5.99. The molecule has 0 aliphatic heterocycles. The predicted molar refractivity (Wildman–Crippen MR) is 68.7 cm³/mol. The summed E-state index contributed by atoms with van der Waals surface area (Å²) < 4.78 is 0. The predicted octanol–water partition coefficient (Wildman–Crippen LogP) is 2.89. The zero-order valence-electron chi connectivity index (χ0n) is 9.47. The number of rotatable bonds is 2. The van der Waals surface area contributed by atoms with Gasteiger partial charge in [0.15, 0.2) is 0 Å². The Labute approximate surface area is 99.4 Å². The number of nitrogens with zero attached hydrogens (tertiary/aromatic N) is 1. The number of fused-ring (bicyclic) bond motifs is 1. The molecule has 1 aromatic carbocycles. The van der Waals surface area contributed by atoms with Crippen LogP contribution >= 0.6 is 0 Å². The fourth-order valence-electron chi connectivity index (χ4n) is 1.52. The Balaban J connectivity index is 2.27. The highest BCUT2D eigenvalue weighted by Crippen LogP contribution is 2.20. The van der Waals surface area contributed by atoms with E-state index in [4.69, 9.17) is 0 Å². The smallest absolute Gasteiger partial charge is 0.315 e. The minimum atomic E-state index is -0.277. The van der Waals surface area contributed by atoms with Crippen LogP contribution in [0.3, 0.4) is 0 Å². The molecule has 4 heteroatoms. The number of urea groups is 1. The number of hydrogen-bond donors (Lipinski definition) is 2. The van der Waals surface area contributed by atoms with E-state index in [0.717, 1.165) is 10.9 Å². The molecule has 0 spiro atoms. The first-order valence-corrected chi connectivity index (χ1v) is 5.33. The van der Waals surface area contributed by atoms with Crippen molar-refractivity contribution in [3.05, 3.63) is 48.8 Å². The lowest BCUT2D eigenvalue weighted by Crippen LogP contribution is -2.23. The fraction of sp³-hybridized carbons (Fsp3) is 0.0769. The Bertz CT molecular complexity index is 558. The van der Waals surface area contributed by atoms with Gasteiger partial charge in [0.05, 0.1) is 11.2 Å². The minimum Gasteiger partial charge on any atom is -0.315 e. The zero-order valence-corrected chi connectivity index (χ0v) is 9.47. The first-order chi connectivity index (χ1) is 8.31. The Morgan fingerprint density at radius 3 is 2.94 bits per heavy atom. The maximum atomic E-state index is 11.5. The summed E-state index contributed by atoms with van der Waals surface area (Å²) in [5.74, 6) is 0. The zero-order chi connectivity index (χ0) is 12.1. The Morgan fingerprint density at radius 1 is 1.29 bits per heavy atom. The van der Waals surface area contributed by atoms with E-state index in [1.165, 1.54) is 0 Å². The van der Waals surface area contributed by atoms with E-state index in [1.54, 1.807) is 18.5 Å². The molecule has 0 aliphatic carbocycles. The van der Waals surface area contributed by atoms with Gasteiger partial charge in [-0.2, -0.15) is 0 Å². The van der Waals surface area contributed by atoms with Crippen molar-refractivity contribution in [1.82, 2.24) is 10.3 Å². The number of amides is 2. The summed E-state index contributed by atoms with van der Waals surface area (Å²) in [6.07, 6.45) is 5.03. The van der Waals surface area contributed by atoms with E-state index in [2.05, 4.69) is 15.6 Å². The van der Waals surface area contributed by atoms with Crippen molar-refractivity contribution < 1.29 is 4.79 Å². The molecule has 0 saturated carbocycles. The van der Waals surface area contributed by atoms with Crippen molar-refractivity contribution in [2.45, 2.75) is 6.92 Å². The molecule has 0 unspecified atom stereocenters. The number of para-hydroxylation sites is 1. The summed E-state index contributed by atoms with van der Waals surface area (Å²) in [6, 6.07) is 9.21. The second kappa shape index (κ2) is 5.12. The van der Waals surface area contributed by atoms with E-state index in [1.807, 2.05) is 37.3 Å². The third-order valence-electron chi connectivity index (χ3n) is 2.26. The van der Waals surface area contributed by atoms with Crippen LogP contribution in [0.15, 0.2) is 48.8 Å². The molecule has 0 aliphatic rings. The second-order valence-electron chi connectivity index (χ2n) is 3.48. The highest BCUT2D eigenvalue weighted by atomic mass is 16.2. The van der Waals surface area contributed by atoms with E-state index in [-0.39, 0.29) is 6.03 Å². The van der Waals surface area contributed by atoms with Crippen LogP contribution in [0.25, 0.3) is 10.9 Å². The number of nitrogens with one attached hydrogen (secondary N) is 2. The molecule has 0 fully saturated rings. The van der Waals surface area contributed by atoms with Gasteiger partial charge in [0.2, 0.25) is 0 Å². The van der Waals surface area contributed by atoms with Crippen LogP contribution in [-0.2, 0) is 0 Å². The van der Waals surface area contributed by atoms with Gasteiger partial charge in [-0.15, -0.1) is 0 Å². The molecule has 0 radical (unpaired) electrons. The molecule has 1 aromatic heterocycles. The summed E-state index contributed by atoms with van der Waals surface area (Å²) in [5, 5.41) is 6.34. The average molecular weight is 227 g/mol. The molecule has 1 heterocycles. The lowest BCUT2D eigenvalue weighted by Gasteiger charge is -2.07. The molecular weight excluding hydrogens is 214 g/mol. The minimum absolute atomic E-state index is 0.277. The van der Waals surface area contributed by atoms with Crippen molar-refractivity contribution in [1.29, 1.82) is 0 Å². The molecule has 0 atom stereocenters. The lowest BCUT2D eigenvalue weighted by atomic mass is 10.2. The third kappa shape index (κ3) is 2.60. The lowest BCUT2D eigenvalue weighted by molar-refractivity contribution is 0.255. The van der Waals surface area contributed by atoms with Gasteiger partial charge < -0.3 is 10.6 Å². The first-order valence-electron chi connectivity index (χ1n) is 5.33. The molecule has 0 saturated heterocycles. The van der Waals surface area contributed by atoms with E-state index in [0.29, 0.717) is 5.69 Å². The standard InChI is InChI=1S/C13H13N3O/c1-2-8-15-13(17)16-11-7-3-5-10-6-4-9-14-12(10)11/h2-9H,1H3,(H2,15,16,17)/b8-2+. The second-order valence-corrected chi connectivity index (χ2v) is 3.48. The number of allylic oxidation sites excluding steroid dienone is 1. The van der Waals surface area contributed by atoms with Crippen molar-refractivity contribution in [3.8, 4) is 0 Å². The largest absolute Gasteiger partial charge is 0.323 e. The normalized spacial score (nSPS) is 10.6. The SMILES string of the molecule is C/C=C/NC(=O)Nc1cccc2cccnc12. The molecular formula is C13H13N3O. The fourth-order valence-corrected chi connectivity index (χ4v) is 1.52. The maximum absolute atomic E-state index is 11.5. The number of pyridine rings is 1. The number of carbonyl (C=O) groups excluding carboxylic acids is 1. The summed E-state index contributed by atoms with van der Waals surface area (Å²) in [5.41, 5.74) is 1.48. The summed E-state index contributed by atoms with van der Waals surface area (Å²) in [7, 11) is 0. The Morgan fingerprint density at radius 2 is 2.12 bits per heavy atom. The van der Waals surface area contributed by atoms with Crippen molar-refractivity contribution in [2.24, 2.45) is 0 Å². The van der Waals surface area contributed by atoms with Crippen molar-refractivity contribution >= 4 is 22.6 Å². The van der Waals surface area contributed by atoms with Gasteiger partial charge in [-0.3, -0.25) is 4.98 Å². The van der Waals surface area contributed by atoms with E-state index in [9.17, 15) is 4.79 Å². The summed E-state index contributed by atoms with van der Waals surface area (Å²) in [6.45, 7) is 1.83. The number of aromatic nitrogens is 1. The highest BCUT2D eigenvalue weighted by Gasteiger charge is 2.04. The van der Waals surface area contributed by atoms with Crippen molar-refractivity contribution in [3.63, 3.8) is 0 Å². The number of hydrogen-bond acceptors (Lipinski definition) is 2. The molecule has 2 rings (SSSR count). The number of carbonyl (C=O) groups is 1. The van der Waals surface area contributed by atoms with Gasteiger partial charge >= 0.3 is 6.03 Å². The molecule has 4 nitrogen and oxygen atoms in total. The van der Waals surface area contributed by atoms with Crippen LogP contribution in [0.5, 0.6) is 0 Å². The first kappa shape index (κ1) is 11.1. The van der Waals surface area contributed by atoms with Gasteiger partial charge in [-0.25, -0.2) is 4.79 Å². The van der Waals surface area contributed by atoms with Crippen LogP contribution in [0, 0.1) is 0 Å². The molecule has 17 heavy (non-hydrogen) atoms. The van der Waals surface area contributed by atoms with E-state index < -0.39 is 0 Å². The number of anilines is 1. The van der Waals surface area contributed by atoms with Crippen LogP contribution < -0.4 is 10.6 Å². The molecule has 2 amide bonds. The number of benzene rings is 1.